The van der Waals surface area contributed by atoms with Crippen molar-refractivity contribution in [3.05, 3.63) is 65.7 Å². The zero-order valence-corrected chi connectivity index (χ0v) is 17.6. The van der Waals surface area contributed by atoms with Crippen LogP contribution in [0.5, 0.6) is 0 Å². The fraction of sp³-hybridized carbons (Fsp3) is 0.318. The van der Waals surface area contributed by atoms with Crippen LogP contribution in [0.25, 0.3) is 5.69 Å². The van der Waals surface area contributed by atoms with E-state index in [9.17, 15) is 9.59 Å². The molecule has 0 bridgehead atoms. The molecule has 1 aliphatic heterocycles. The summed E-state index contributed by atoms with van der Waals surface area (Å²) in [4.78, 5) is 37.0. The van der Waals surface area contributed by atoms with Gasteiger partial charge in [-0.25, -0.2) is 19.4 Å². The van der Waals surface area contributed by atoms with Crippen LogP contribution in [0.2, 0.25) is 0 Å². The normalized spacial score (nSPS) is 13.9. The van der Waals surface area contributed by atoms with Gasteiger partial charge in [0, 0.05) is 44.3 Å². The van der Waals surface area contributed by atoms with E-state index in [1.165, 1.54) is 0 Å². The molecule has 9 nitrogen and oxygen atoms in total. The second-order valence-corrected chi connectivity index (χ2v) is 7.38. The largest absolute Gasteiger partial charge is 0.452 e. The highest BCUT2D eigenvalue weighted by atomic mass is 16.5. The lowest BCUT2D eigenvalue weighted by Gasteiger charge is -2.34. The van der Waals surface area contributed by atoms with E-state index >= 15 is 0 Å². The molecule has 0 spiro atoms. The maximum absolute atomic E-state index is 12.4. The van der Waals surface area contributed by atoms with Gasteiger partial charge in [0.2, 0.25) is 5.95 Å². The number of ether oxygens (including phenoxy) is 1. The molecule has 0 aliphatic carbocycles. The number of rotatable bonds is 5. The third kappa shape index (κ3) is 4.71. The van der Waals surface area contributed by atoms with E-state index < -0.39 is 5.97 Å². The Labute approximate surface area is 180 Å². The Kier molecular flexibility index (Phi) is 5.92. The van der Waals surface area contributed by atoms with Crippen molar-refractivity contribution < 1.29 is 14.3 Å². The summed E-state index contributed by atoms with van der Waals surface area (Å²) in [6.07, 6.45) is 3.40. The van der Waals surface area contributed by atoms with Gasteiger partial charge < -0.3 is 14.5 Å². The number of benzene rings is 1. The number of amides is 1. The van der Waals surface area contributed by atoms with Crippen molar-refractivity contribution in [2.75, 3.05) is 37.7 Å². The van der Waals surface area contributed by atoms with Crippen molar-refractivity contribution in [1.29, 1.82) is 0 Å². The van der Waals surface area contributed by atoms with Crippen LogP contribution >= 0.6 is 0 Å². The van der Waals surface area contributed by atoms with Gasteiger partial charge in [0.05, 0.1) is 16.9 Å². The summed E-state index contributed by atoms with van der Waals surface area (Å²) in [6, 6.07) is 10.7. The molecule has 0 N–H and O–H groups in total. The van der Waals surface area contributed by atoms with Gasteiger partial charge in [0.1, 0.15) is 0 Å². The maximum atomic E-state index is 12.4. The highest BCUT2D eigenvalue weighted by Gasteiger charge is 2.23. The Bertz CT molecular complexity index is 1060. The molecule has 0 radical (unpaired) electrons. The second kappa shape index (κ2) is 8.95. The molecule has 31 heavy (non-hydrogen) atoms. The first-order valence-electron chi connectivity index (χ1n) is 10.1. The van der Waals surface area contributed by atoms with Gasteiger partial charge in [-0.05, 0) is 50.2 Å². The van der Waals surface area contributed by atoms with E-state index in [1.54, 1.807) is 35.5 Å². The zero-order valence-electron chi connectivity index (χ0n) is 17.6. The lowest BCUT2D eigenvalue weighted by molar-refractivity contribution is -0.134. The third-order valence-corrected chi connectivity index (χ3v) is 5.15. The number of hydrogen-bond donors (Lipinski definition) is 0. The lowest BCUT2D eigenvalue weighted by Crippen LogP contribution is -2.50. The summed E-state index contributed by atoms with van der Waals surface area (Å²) in [5.74, 6) is -0.0734. The molecule has 9 heteroatoms. The Morgan fingerprint density at radius 1 is 1.00 bits per heavy atom. The molecular weight excluding hydrogens is 396 g/mol. The summed E-state index contributed by atoms with van der Waals surface area (Å²) in [5.41, 5.74) is 3.19. The van der Waals surface area contributed by atoms with Crippen LogP contribution in [-0.4, -0.2) is 69.3 Å². The molecule has 0 atom stereocenters. The van der Waals surface area contributed by atoms with E-state index in [0.717, 1.165) is 17.1 Å². The monoisotopic (exact) mass is 420 g/mol. The minimum Gasteiger partial charge on any atom is -0.452 e. The van der Waals surface area contributed by atoms with Crippen LogP contribution in [0.4, 0.5) is 5.95 Å². The summed E-state index contributed by atoms with van der Waals surface area (Å²) in [6.45, 7) is 5.97. The molecule has 1 fully saturated rings. The minimum absolute atomic E-state index is 0.207. The molecule has 0 unspecified atom stereocenters. The van der Waals surface area contributed by atoms with E-state index in [1.807, 2.05) is 41.6 Å². The molecule has 1 aromatic carbocycles. The van der Waals surface area contributed by atoms with Gasteiger partial charge in [-0.3, -0.25) is 4.79 Å². The van der Waals surface area contributed by atoms with Crippen molar-refractivity contribution >= 4 is 17.8 Å². The highest BCUT2D eigenvalue weighted by molar-refractivity contribution is 5.91. The first-order chi connectivity index (χ1) is 15.0. The van der Waals surface area contributed by atoms with E-state index in [-0.39, 0.29) is 12.5 Å². The van der Waals surface area contributed by atoms with Crippen LogP contribution in [0.1, 0.15) is 21.7 Å². The molecule has 4 rings (SSSR count). The van der Waals surface area contributed by atoms with Crippen molar-refractivity contribution in [3.63, 3.8) is 0 Å². The quantitative estimate of drug-likeness (QED) is 0.581. The topological polar surface area (TPSA) is 93.5 Å². The Morgan fingerprint density at radius 2 is 1.68 bits per heavy atom. The second-order valence-electron chi connectivity index (χ2n) is 7.38. The van der Waals surface area contributed by atoms with Crippen LogP contribution in [0.15, 0.2) is 48.8 Å². The van der Waals surface area contributed by atoms with E-state index in [0.29, 0.717) is 37.7 Å². The molecule has 3 aromatic rings. The maximum Gasteiger partial charge on any atom is 0.338 e. The Balaban J connectivity index is 1.28. The van der Waals surface area contributed by atoms with Crippen molar-refractivity contribution in [1.82, 2.24) is 24.6 Å². The Hall–Kier alpha value is -3.75. The molecule has 0 saturated carbocycles. The lowest BCUT2D eigenvalue weighted by atomic mass is 10.2. The van der Waals surface area contributed by atoms with Crippen molar-refractivity contribution in [2.45, 2.75) is 13.8 Å². The standard InChI is InChI=1S/C22H24N6O3/c1-16-14-17(2)28(25-16)19-6-4-18(5-7-19)21(30)31-15-20(29)26-10-12-27(13-11-26)22-23-8-3-9-24-22/h3-9,14H,10-13,15H2,1-2H3. The van der Waals surface area contributed by atoms with Crippen molar-refractivity contribution in [2.24, 2.45) is 0 Å². The first-order valence-corrected chi connectivity index (χ1v) is 10.1. The number of carbonyl (C=O) groups excluding carboxylic acids is 2. The predicted molar refractivity (Wildman–Crippen MR) is 114 cm³/mol. The molecule has 1 saturated heterocycles. The number of anilines is 1. The third-order valence-electron chi connectivity index (χ3n) is 5.15. The highest BCUT2D eigenvalue weighted by Crippen LogP contribution is 2.14. The number of esters is 1. The number of aryl methyl sites for hydroxylation is 2. The minimum atomic E-state index is -0.524. The number of nitrogens with zero attached hydrogens (tertiary/aromatic N) is 6. The summed E-state index contributed by atoms with van der Waals surface area (Å²) in [7, 11) is 0. The van der Waals surface area contributed by atoms with Crippen LogP contribution in [-0.2, 0) is 9.53 Å². The summed E-state index contributed by atoms with van der Waals surface area (Å²) >= 11 is 0. The summed E-state index contributed by atoms with van der Waals surface area (Å²) in [5, 5.41) is 4.43. The number of carbonyl (C=O) groups is 2. The van der Waals surface area contributed by atoms with Gasteiger partial charge in [-0.2, -0.15) is 5.10 Å². The average molecular weight is 420 g/mol. The average Bonchev–Trinajstić information content (AvgIpc) is 3.15. The Morgan fingerprint density at radius 3 is 2.29 bits per heavy atom. The number of piperazine rings is 1. The molecule has 3 heterocycles. The van der Waals surface area contributed by atoms with Gasteiger partial charge in [-0.1, -0.05) is 0 Å². The smallest absolute Gasteiger partial charge is 0.338 e. The fourth-order valence-electron chi connectivity index (χ4n) is 3.54. The van der Waals surface area contributed by atoms with Gasteiger partial charge >= 0.3 is 5.97 Å². The van der Waals surface area contributed by atoms with Crippen molar-refractivity contribution in [3.8, 4) is 5.69 Å². The predicted octanol–water partition coefficient (Wildman–Crippen LogP) is 1.78. The van der Waals surface area contributed by atoms with E-state index in [2.05, 4.69) is 15.1 Å². The van der Waals surface area contributed by atoms with Gasteiger partial charge in [0.15, 0.2) is 6.61 Å². The van der Waals surface area contributed by atoms with E-state index in [4.69, 9.17) is 4.74 Å². The molecule has 160 valence electrons. The molecule has 1 aliphatic rings. The molecular formula is C22H24N6O3. The molecule has 1 amide bonds. The van der Waals surface area contributed by atoms with Crippen LogP contribution < -0.4 is 4.90 Å². The zero-order chi connectivity index (χ0) is 21.8. The fourth-order valence-corrected chi connectivity index (χ4v) is 3.54. The SMILES string of the molecule is Cc1cc(C)n(-c2ccc(C(=O)OCC(=O)N3CCN(c4ncccn4)CC3)cc2)n1. The summed E-state index contributed by atoms with van der Waals surface area (Å²) < 4.78 is 7.05. The van der Waals surface area contributed by atoms with Gasteiger partial charge in [-0.15, -0.1) is 0 Å². The molecule has 2 aromatic heterocycles. The first kappa shape index (κ1) is 20.5. The van der Waals surface area contributed by atoms with Gasteiger partial charge in [0.25, 0.3) is 5.91 Å². The number of aromatic nitrogens is 4. The number of hydrogen-bond acceptors (Lipinski definition) is 7. The van der Waals surface area contributed by atoms with Crippen LogP contribution in [0, 0.1) is 13.8 Å². The van der Waals surface area contributed by atoms with Crippen LogP contribution in [0.3, 0.4) is 0 Å².